The summed E-state index contributed by atoms with van der Waals surface area (Å²) in [6, 6.07) is 2.16. The van der Waals surface area contributed by atoms with E-state index in [4.69, 9.17) is 4.74 Å². The van der Waals surface area contributed by atoms with Gasteiger partial charge < -0.3 is 24.8 Å². The molecule has 2 aliphatic heterocycles. The van der Waals surface area contributed by atoms with Gasteiger partial charge in [-0.05, 0) is 25.7 Å². The summed E-state index contributed by atoms with van der Waals surface area (Å²) in [5, 5.41) is 10.5. The maximum atomic E-state index is 12.6. The highest BCUT2D eigenvalue weighted by Crippen LogP contribution is 2.27. The molecule has 2 fully saturated rings. The predicted molar refractivity (Wildman–Crippen MR) is 105 cm³/mol. The van der Waals surface area contributed by atoms with E-state index < -0.39 is 0 Å². The summed E-state index contributed by atoms with van der Waals surface area (Å²) >= 11 is 0. The molecule has 0 spiro atoms. The number of hydrogen-bond acceptors (Lipinski definition) is 5. The van der Waals surface area contributed by atoms with Crippen molar-refractivity contribution in [1.82, 2.24) is 30.0 Å². The van der Waals surface area contributed by atoms with Gasteiger partial charge in [0.05, 0.1) is 24.4 Å². The largest absolute Gasteiger partial charge is 0.372 e. The summed E-state index contributed by atoms with van der Waals surface area (Å²) in [5.74, 6) is 1.09. The minimum Gasteiger partial charge on any atom is -0.372 e. The molecule has 0 aliphatic carbocycles. The maximum absolute atomic E-state index is 12.6. The smallest absolute Gasteiger partial charge is 0.315 e. The molecule has 4 heterocycles. The van der Waals surface area contributed by atoms with Crippen molar-refractivity contribution in [3.8, 4) is 0 Å². The number of nitrogens with one attached hydrogen (secondary N) is 2. The molecular formula is C19H29N7O2. The Bertz CT molecular complexity index is 738. The molecule has 2 amide bonds. The normalized spacial score (nSPS) is 25.5. The number of aryl methyl sites for hydroxylation is 2. The van der Waals surface area contributed by atoms with Crippen LogP contribution in [-0.2, 0) is 18.8 Å². The Labute approximate surface area is 165 Å². The third-order valence-corrected chi connectivity index (χ3v) is 5.68. The van der Waals surface area contributed by atoms with Crippen molar-refractivity contribution in [2.24, 2.45) is 14.1 Å². The van der Waals surface area contributed by atoms with Crippen LogP contribution in [0.25, 0.3) is 0 Å². The van der Waals surface area contributed by atoms with Gasteiger partial charge in [-0.25, -0.2) is 9.78 Å². The number of carbonyl (C=O) groups is 1. The van der Waals surface area contributed by atoms with Crippen molar-refractivity contribution in [2.75, 3.05) is 24.6 Å². The second-order valence-electron chi connectivity index (χ2n) is 7.73. The summed E-state index contributed by atoms with van der Waals surface area (Å²) in [7, 11) is 3.91. The van der Waals surface area contributed by atoms with Crippen LogP contribution < -0.4 is 15.5 Å². The molecule has 0 aromatic carbocycles. The first-order valence-electron chi connectivity index (χ1n) is 9.98. The van der Waals surface area contributed by atoms with Gasteiger partial charge in [-0.1, -0.05) is 0 Å². The lowest BCUT2D eigenvalue weighted by molar-refractivity contribution is -0.00183. The van der Waals surface area contributed by atoms with E-state index in [9.17, 15) is 4.79 Å². The number of urea groups is 1. The van der Waals surface area contributed by atoms with Gasteiger partial charge in [0.1, 0.15) is 11.9 Å². The van der Waals surface area contributed by atoms with E-state index in [0.29, 0.717) is 6.61 Å². The van der Waals surface area contributed by atoms with Gasteiger partial charge in [0.25, 0.3) is 0 Å². The lowest BCUT2D eigenvalue weighted by atomic mass is 10.0. The van der Waals surface area contributed by atoms with Crippen LogP contribution in [0, 0.1) is 0 Å². The minimum atomic E-state index is -0.0903. The van der Waals surface area contributed by atoms with E-state index in [1.54, 1.807) is 6.33 Å². The molecule has 9 nitrogen and oxygen atoms in total. The summed E-state index contributed by atoms with van der Waals surface area (Å²) in [4.78, 5) is 19.0. The van der Waals surface area contributed by atoms with Crippen LogP contribution in [0.3, 0.4) is 0 Å². The molecule has 3 atom stereocenters. The van der Waals surface area contributed by atoms with Gasteiger partial charge in [-0.15, -0.1) is 0 Å². The number of aromatic nitrogens is 4. The number of anilines is 1. The van der Waals surface area contributed by atoms with E-state index in [2.05, 4.69) is 25.6 Å². The zero-order chi connectivity index (χ0) is 19.5. The summed E-state index contributed by atoms with van der Waals surface area (Å²) < 4.78 is 9.74. The Balaban J connectivity index is 1.29. The number of ether oxygens (including phenoxy) is 1. The Hall–Kier alpha value is -2.55. The first-order chi connectivity index (χ1) is 13.6. The quantitative estimate of drug-likeness (QED) is 0.827. The van der Waals surface area contributed by atoms with Gasteiger partial charge in [-0.3, -0.25) is 4.68 Å². The van der Waals surface area contributed by atoms with E-state index in [0.717, 1.165) is 50.3 Å². The van der Waals surface area contributed by atoms with Gasteiger partial charge in [0.15, 0.2) is 0 Å². The molecule has 28 heavy (non-hydrogen) atoms. The third kappa shape index (κ3) is 4.14. The van der Waals surface area contributed by atoms with Crippen LogP contribution in [0.4, 0.5) is 10.6 Å². The topological polar surface area (TPSA) is 89.2 Å². The number of imidazole rings is 1. The number of rotatable bonds is 4. The van der Waals surface area contributed by atoms with Crippen LogP contribution in [0.15, 0.2) is 24.8 Å². The number of carbonyl (C=O) groups excluding carboxylic acids is 1. The SMILES string of the molecule is Cn1cncc1C1CC(NC(=O)NC2CCCN(c3ccnn3C)C2)CCO1. The fourth-order valence-corrected chi connectivity index (χ4v) is 4.20. The molecule has 0 saturated carbocycles. The fourth-order valence-electron chi connectivity index (χ4n) is 4.20. The summed E-state index contributed by atoms with van der Waals surface area (Å²) in [6.45, 7) is 2.43. The molecule has 3 unspecified atom stereocenters. The lowest BCUT2D eigenvalue weighted by Crippen LogP contribution is -2.53. The van der Waals surface area contributed by atoms with Crippen molar-refractivity contribution >= 4 is 11.8 Å². The van der Waals surface area contributed by atoms with Crippen molar-refractivity contribution < 1.29 is 9.53 Å². The van der Waals surface area contributed by atoms with Crippen molar-refractivity contribution in [3.05, 3.63) is 30.5 Å². The standard InChI is InChI=1S/C19H29N7O2/c1-24-13-20-11-16(24)17-10-14(6-9-28-17)22-19(27)23-15-4-3-8-26(12-15)18-5-7-21-25(18)2/h5,7,11,13-15,17H,3-4,6,8-10,12H2,1-2H3,(H2,22,23,27). The van der Waals surface area contributed by atoms with Gasteiger partial charge in [0, 0.05) is 51.9 Å². The monoisotopic (exact) mass is 387 g/mol. The molecule has 0 radical (unpaired) electrons. The number of amides is 2. The van der Waals surface area contributed by atoms with Crippen LogP contribution in [0.1, 0.15) is 37.5 Å². The highest BCUT2D eigenvalue weighted by Gasteiger charge is 2.28. The molecule has 9 heteroatoms. The first kappa shape index (κ1) is 18.8. The van der Waals surface area contributed by atoms with E-state index in [1.165, 1.54) is 0 Å². The maximum Gasteiger partial charge on any atom is 0.315 e. The third-order valence-electron chi connectivity index (χ3n) is 5.68. The highest BCUT2D eigenvalue weighted by atomic mass is 16.5. The predicted octanol–water partition coefficient (Wildman–Crippen LogP) is 1.34. The molecule has 2 aromatic heterocycles. The second kappa shape index (κ2) is 8.22. The van der Waals surface area contributed by atoms with Gasteiger partial charge in [0.2, 0.25) is 0 Å². The van der Waals surface area contributed by atoms with Gasteiger partial charge >= 0.3 is 6.03 Å². The molecule has 0 bridgehead atoms. The lowest BCUT2D eigenvalue weighted by Gasteiger charge is -2.35. The second-order valence-corrected chi connectivity index (χ2v) is 7.73. The number of nitrogens with zero attached hydrogens (tertiary/aromatic N) is 5. The summed E-state index contributed by atoms with van der Waals surface area (Å²) in [6.07, 6.45) is 9.03. The van der Waals surface area contributed by atoms with Crippen LogP contribution >= 0.6 is 0 Å². The van der Waals surface area contributed by atoms with Crippen molar-refractivity contribution in [3.63, 3.8) is 0 Å². The first-order valence-corrected chi connectivity index (χ1v) is 9.98. The highest BCUT2D eigenvalue weighted by molar-refractivity contribution is 5.74. The molecule has 4 rings (SSSR count). The number of piperidine rings is 1. The Kier molecular flexibility index (Phi) is 5.52. The Morgan fingerprint density at radius 3 is 2.86 bits per heavy atom. The van der Waals surface area contributed by atoms with Crippen LogP contribution in [-0.4, -0.2) is 57.1 Å². The van der Waals surface area contributed by atoms with Crippen molar-refractivity contribution in [2.45, 2.75) is 43.9 Å². The van der Waals surface area contributed by atoms with E-state index >= 15 is 0 Å². The van der Waals surface area contributed by atoms with E-state index in [1.807, 2.05) is 41.8 Å². The van der Waals surface area contributed by atoms with E-state index in [-0.39, 0.29) is 24.2 Å². The Morgan fingerprint density at radius 1 is 1.25 bits per heavy atom. The molecule has 2 N–H and O–H groups in total. The molecule has 2 saturated heterocycles. The fraction of sp³-hybridized carbons (Fsp3) is 0.632. The van der Waals surface area contributed by atoms with Crippen LogP contribution in [0.2, 0.25) is 0 Å². The molecular weight excluding hydrogens is 358 g/mol. The molecule has 2 aliphatic rings. The minimum absolute atomic E-state index is 0.0263. The zero-order valence-corrected chi connectivity index (χ0v) is 16.5. The average Bonchev–Trinajstić information content (AvgIpc) is 3.30. The van der Waals surface area contributed by atoms with Gasteiger partial charge in [-0.2, -0.15) is 5.10 Å². The average molecular weight is 387 g/mol. The summed E-state index contributed by atoms with van der Waals surface area (Å²) in [5.41, 5.74) is 1.05. The van der Waals surface area contributed by atoms with Crippen molar-refractivity contribution in [1.29, 1.82) is 0 Å². The molecule has 2 aromatic rings. The Morgan fingerprint density at radius 2 is 2.11 bits per heavy atom. The van der Waals surface area contributed by atoms with Crippen LogP contribution in [0.5, 0.6) is 0 Å². The zero-order valence-electron chi connectivity index (χ0n) is 16.5. The molecule has 152 valence electrons. The number of hydrogen-bond donors (Lipinski definition) is 2.